The number of carbonyl (C=O) groups is 1. The topological polar surface area (TPSA) is 122 Å². The maximum Gasteiger partial charge on any atom is 0.342 e. The molecule has 1 heterocycles. The highest BCUT2D eigenvalue weighted by Crippen LogP contribution is 2.27. The van der Waals surface area contributed by atoms with Crippen LogP contribution in [0.2, 0.25) is 0 Å². The van der Waals surface area contributed by atoms with Gasteiger partial charge in [-0.05, 0) is 18.6 Å². The van der Waals surface area contributed by atoms with Crippen LogP contribution >= 0.6 is 8.69 Å². The summed E-state index contributed by atoms with van der Waals surface area (Å²) in [4.78, 5) is 37.3. The fourth-order valence-corrected chi connectivity index (χ4v) is 3.24. The molecule has 1 aliphatic heterocycles. The molecule has 0 amide bonds. The van der Waals surface area contributed by atoms with Gasteiger partial charge in [0, 0.05) is 19.6 Å². The minimum absolute atomic E-state index is 0.0670. The second kappa shape index (κ2) is 8.04. The molecule has 10 heteroatoms. The monoisotopic (exact) mass is 394 g/mol. The van der Waals surface area contributed by atoms with E-state index >= 15 is 0 Å². The van der Waals surface area contributed by atoms with Crippen molar-refractivity contribution in [2.75, 3.05) is 29.9 Å². The molecule has 0 spiro atoms. The Kier molecular flexibility index (Phi) is 5.74. The lowest BCUT2D eigenvalue weighted by Crippen LogP contribution is -2.44. The molecule has 144 valence electrons. The smallest absolute Gasteiger partial charge is 0.342 e. The van der Waals surface area contributed by atoms with Crippen LogP contribution in [0.1, 0.15) is 23.2 Å². The SMILES string of the molecule is O=[PH2]OC(O)(CCN1CCCNc2c1c(=O)c2=O)OC(=O)c1ccccc1. The normalized spacial score (nSPS) is 16.6. The predicted molar refractivity (Wildman–Crippen MR) is 99.6 cm³/mol. The van der Waals surface area contributed by atoms with Crippen molar-refractivity contribution in [3.8, 4) is 0 Å². The number of rotatable bonds is 7. The number of benzene rings is 1. The number of hydrogen-bond acceptors (Lipinski definition) is 9. The van der Waals surface area contributed by atoms with Crippen LogP contribution in [-0.4, -0.2) is 36.7 Å². The molecule has 2 aromatic carbocycles. The van der Waals surface area contributed by atoms with Crippen molar-refractivity contribution in [2.24, 2.45) is 0 Å². The van der Waals surface area contributed by atoms with Gasteiger partial charge in [-0.25, -0.2) is 4.79 Å². The van der Waals surface area contributed by atoms with Crippen molar-refractivity contribution < 1.29 is 23.7 Å². The molecule has 9 nitrogen and oxygen atoms in total. The summed E-state index contributed by atoms with van der Waals surface area (Å²) in [6, 6.07) is 7.99. The van der Waals surface area contributed by atoms with Crippen LogP contribution in [0.3, 0.4) is 0 Å². The number of esters is 1. The van der Waals surface area contributed by atoms with Crippen molar-refractivity contribution in [2.45, 2.75) is 18.8 Å². The van der Waals surface area contributed by atoms with Crippen LogP contribution in [0.25, 0.3) is 0 Å². The molecule has 0 fully saturated rings. The second-order valence-electron chi connectivity index (χ2n) is 6.08. The lowest BCUT2D eigenvalue weighted by atomic mass is 10.1. The molecule has 0 aliphatic carbocycles. The van der Waals surface area contributed by atoms with Crippen molar-refractivity contribution in [1.82, 2.24) is 0 Å². The molecular weight excluding hydrogens is 375 g/mol. The summed E-state index contributed by atoms with van der Waals surface area (Å²) in [5.41, 5.74) is -0.451. The summed E-state index contributed by atoms with van der Waals surface area (Å²) < 4.78 is 20.8. The van der Waals surface area contributed by atoms with Gasteiger partial charge < -0.3 is 20.1 Å². The Morgan fingerprint density at radius 1 is 1.26 bits per heavy atom. The van der Waals surface area contributed by atoms with Gasteiger partial charge in [0.15, 0.2) is 8.69 Å². The zero-order valence-electron chi connectivity index (χ0n) is 14.3. The summed E-state index contributed by atoms with van der Waals surface area (Å²) in [6.07, 6.45) is 0.419. The summed E-state index contributed by atoms with van der Waals surface area (Å²) in [6.45, 7) is 1.08. The van der Waals surface area contributed by atoms with E-state index in [0.717, 1.165) is 0 Å². The van der Waals surface area contributed by atoms with E-state index in [0.29, 0.717) is 19.5 Å². The van der Waals surface area contributed by atoms with E-state index in [4.69, 9.17) is 9.26 Å². The van der Waals surface area contributed by atoms with E-state index in [1.54, 1.807) is 23.1 Å². The number of nitrogens with one attached hydrogen (secondary N) is 1. The zero-order valence-corrected chi connectivity index (χ0v) is 15.5. The van der Waals surface area contributed by atoms with Crippen LogP contribution < -0.4 is 21.1 Å². The maximum atomic E-state index is 12.2. The van der Waals surface area contributed by atoms with Crippen molar-refractivity contribution in [1.29, 1.82) is 0 Å². The first-order chi connectivity index (χ1) is 12.9. The van der Waals surface area contributed by atoms with Gasteiger partial charge in [0.05, 0.1) is 12.0 Å². The number of carbonyl (C=O) groups excluding carboxylic acids is 1. The molecule has 0 radical (unpaired) electrons. The van der Waals surface area contributed by atoms with Crippen LogP contribution in [0.15, 0.2) is 39.9 Å². The molecule has 2 N–H and O–H groups in total. The minimum Gasteiger partial charge on any atom is -0.404 e. The van der Waals surface area contributed by atoms with Gasteiger partial charge in [0.2, 0.25) is 0 Å². The number of aliphatic hydroxyl groups is 1. The molecule has 0 saturated heterocycles. The molecule has 0 saturated carbocycles. The Morgan fingerprint density at radius 3 is 2.70 bits per heavy atom. The van der Waals surface area contributed by atoms with Crippen LogP contribution in [0.5, 0.6) is 0 Å². The third-order valence-electron chi connectivity index (χ3n) is 4.30. The molecule has 0 bridgehead atoms. The van der Waals surface area contributed by atoms with Crippen molar-refractivity contribution in [3.63, 3.8) is 0 Å². The van der Waals surface area contributed by atoms with Crippen molar-refractivity contribution >= 4 is 26.0 Å². The molecular formula is C17H19N2O7P. The van der Waals surface area contributed by atoms with Gasteiger partial charge in [0.1, 0.15) is 11.4 Å². The van der Waals surface area contributed by atoms with E-state index in [1.807, 2.05) is 0 Å². The lowest BCUT2D eigenvalue weighted by molar-refractivity contribution is -0.286. The summed E-state index contributed by atoms with van der Waals surface area (Å²) >= 11 is 0. The number of ether oxygens (including phenoxy) is 1. The van der Waals surface area contributed by atoms with E-state index in [9.17, 15) is 24.1 Å². The van der Waals surface area contributed by atoms with E-state index in [-0.39, 0.29) is 29.9 Å². The quantitative estimate of drug-likeness (QED) is 0.299. The van der Waals surface area contributed by atoms with E-state index < -0.39 is 31.5 Å². The summed E-state index contributed by atoms with van der Waals surface area (Å²) in [5.74, 6) is -3.24. The van der Waals surface area contributed by atoms with Gasteiger partial charge in [-0.15, -0.1) is 0 Å². The molecule has 2 atom stereocenters. The first-order valence-electron chi connectivity index (χ1n) is 8.39. The largest absolute Gasteiger partial charge is 0.404 e. The van der Waals surface area contributed by atoms with Gasteiger partial charge >= 0.3 is 11.9 Å². The Labute approximate surface area is 155 Å². The first-order valence-corrected chi connectivity index (χ1v) is 9.34. The first kappa shape index (κ1) is 19.3. The Balaban J connectivity index is 1.72. The Morgan fingerprint density at radius 2 is 2.00 bits per heavy atom. The summed E-state index contributed by atoms with van der Waals surface area (Å²) in [5, 5.41) is 13.4. The average molecular weight is 394 g/mol. The predicted octanol–water partition coefficient (Wildman–Crippen LogP) is 0.486. The average Bonchev–Trinajstić information content (AvgIpc) is 2.87. The molecule has 27 heavy (non-hydrogen) atoms. The highest BCUT2D eigenvalue weighted by Gasteiger charge is 2.36. The standard InChI is InChI=1S/C17H19N2O7P/c20-14-12-13(15(14)21)19(9-4-8-18-12)10-7-17(23,26-27-24)25-16(22)11-5-2-1-3-6-11/h1-3,5-6,18,23H,4,7-10,27H2. The van der Waals surface area contributed by atoms with Crippen LogP contribution in [0, 0.1) is 0 Å². The fraction of sp³-hybridized carbons (Fsp3) is 0.353. The highest BCUT2D eigenvalue weighted by atomic mass is 31.1. The van der Waals surface area contributed by atoms with Crippen LogP contribution in [-0.2, 0) is 13.8 Å². The Bertz CT molecular complexity index is 910. The van der Waals surface area contributed by atoms with Gasteiger partial charge in [-0.1, -0.05) is 18.2 Å². The molecule has 0 aromatic heterocycles. The van der Waals surface area contributed by atoms with Crippen LogP contribution in [0.4, 0.5) is 11.4 Å². The van der Waals surface area contributed by atoms with Gasteiger partial charge in [-0.3, -0.25) is 18.7 Å². The highest BCUT2D eigenvalue weighted by molar-refractivity contribution is 7.17. The third kappa shape index (κ3) is 4.10. The Hall–Kier alpha value is -2.48. The van der Waals surface area contributed by atoms with Gasteiger partial charge in [0.25, 0.3) is 10.9 Å². The minimum atomic E-state index is -2.40. The van der Waals surface area contributed by atoms with E-state index in [1.165, 1.54) is 12.1 Å². The maximum absolute atomic E-state index is 12.2. The lowest BCUT2D eigenvalue weighted by Gasteiger charge is -2.30. The number of fused-ring (bicyclic) bond motifs is 1. The number of anilines is 2. The number of hydrogen-bond donors (Lipinski definition) is 2. The van der Waals surface area contributed by atoms with Gasteiger partial charge in [-0.2, -0.15) is 0 Å². The fourth-order valence-electron chi connectivity index (χ4n) is 2.93. The molecule has 1 aliphatic rings. The molecule has 3 rings (SSSR count). The summed E-state index contributed by atoms with van der Waals surface area (Å²) in [7, 11) is -1.85. The van der Waals surface area contributed by atoms with E-state index in [2.05, 4.69) is 5.32 Å². The zero-order chi connectivity index (χ0) is 19.4. The third-order valence-corrected chi connectivity index (χ3v) is 4.76. The molecule has 2 unspecified atom stereocenters. The second-order valence-corrected chi connectivity index (χ2v) is 6.51. The van der Waals surface area contributed by atoms with Crippen molar-refractivity contribution in [3.05, 3.63) is 56.3 Å². The number of nitrogens with zero attached hydrogens (tertiary/aromatic N) is 1. The molecule has 2 aromatic rings.